The third-order valence-corrected chi connectivity index (χ3v) is 4.07. The Morgan fingerprint density at radius 1 is 1.39 bits per heavy atom. The monoisotopic (exact) mass is 258 g/mol. The smallest absolute Gasteiger partial charge is 0.0763 e. The molecule has 0 saturated heterocycles. The first-order valence-electron chi connectivity index (χ1n) is 6.06. The van der Waals surface area contributed by atoms with Gasteiger partial charge in [0.1, 0.15) is 0 Å². The fourth-order valence-corrected chi connectivity index (χ4v) is 3.01. The summed E-state index contributed by atoms with van der Waals surface area (Å²) in [6.45, 7) is 7.81. The van der Waals surface area contributed by atoms with Crippen molar-refractivity contribution in [3.05, 3.63) is 53.4 Å². The maximum Gasteiger partial charge on any atom is 0.0763 e. The molecule has 0 aliphatic carbocycles. The summed E-state index contributed by atoms with van der Waals surface area (Å²) in [6.07, 6.45) is 2.11. The number of allylic oxidation sites excluding steroid dienone is 1. The van der Waals surface area contributed by atoms with E-state index in [0.29, 0.717) is 6.42 Å². The topological polar surface area (TPSA) is 20.2 Å². The highest BCUT2D eigenvalue weighted by molar-refractivity contribution is 7.20. The Labute approximate surface area is 112 Å². The molecule has 18 heavy (non-hydrogen) atoms. The lowest BCUT2D eigenvalue weighted by molar-refractivity contribution is 0.224. The molecule has 0 saturated carbocycles. The van der Waals surface area contributed by atoms with E-state index in [1.54, 1.807) is 11.3 Å². The second kappa shape index (κ2) is 5.51. The minimum Gasteiger partial charge on any atom is -0.389 e. The maximum absolute atomic E-state index is 9.89. The number of thiophene rings is 1. The summed E-state index contributed by atoms with van der Waals surface area (Å²) in [5.41, 5.74) is 2.13. The van der Waals surface area contributed by atoms with Gasteiger partial charge in [0, 0.05) is 9.58 Å². The number of aliphatic hydroxyl groups is 1. The van der Waals surface area contributed by atoms with E-state index < -0.39 is 6.10 Å². The van der Waals surface area contributed by atoms with Gasteiger partial charge in [-0.3, -0.25) is 0 Å². The van der Waals surface area contributed by atoms with Crippen molar-refractivity contribution in [3.63, 3.8) is 0 Å². The first kappa shape index (κ1) is 13.1. The Hall–Kier alpha value is -1.38. The Bertz CT molecular complexity index is 559. The summed E-state index contributed by atoms with van der Waals surface area (Å²) >= 11 is 1.76. The fraction of sp³-hybridized carbons (Fsp3) is 0.250. The number of hydrogen-bond donors (Lipinski definition) is 1. The van der Waals surface area contributed by atoms with Gasteiger partial charge in [-0.2, -0.15) is 0 Å². The molecule has 1 atom stereocenters. The molecule has 1 heterocycles. The van der Waals surface area contributed by atoms with Crippen LogP contribution in [0.5, 0.6) is 0 Å². The first-order chi connectivity index (χ1) is 8.56. The van der Waals surface area contributed by atoms with Gasteiger partial charge in [0.05, 0.1) is 6.10 Å². The van der Waals surface area contributed by atoms with Crippen LogP contribution >= 0.6 is 11.3 Å². The van der Waals surface area contributed by atoms with E-state index in [1.807, 2.05) is 26.0 Å². The van der Waals surface area contributed by atoms with Gasteiger partial charge in [-0.05, 0) is 43.4 Å². The lowest BCUT2D eigenvalue weighted by atomic mass is 10.1. The lowest BCUT2D eigenvalue weighted by Gasteiger charge is -2.06. The third-order valence-electron chi connectivity index (χ3n) is 2.81. The van der Waals surface area contributed by atoms with E-state index in [0.717, 1.165) is 11.1 Å². The van der Waals surface area contributed by atoms with Crippen LogP contribution in [0.15, 0.2) is 48.6 Å². The Morgan fingerprint density at radius 2 is 2.11 bits per heavy atom. The van der Waals surface area contributed by atoms with Crippen LogP contribution < -0.4 is 0 Å². The molecule has 94 valence electrons. The molecule has 1 aromatic heterocycles. The van der Waals surface area contributed by atoms with E-state index in [-0.39, 0.29) is 0 Å². The van der Waals surface area contributed by atoms with Gasteiger partial charge in [0.25, 0.3) is 0 Å². The van der Waals surface area contributed by atoms with Crippen molar-refractivity contribution in [2.24, 2.45) is 0 Å². The van der Waals surface area contributed by atoms with Crippen molar-refractivity contribution >= 4 is 27.0 Å². The molecule has 2 aromatic rings. The molecule has 0 amide bonds. The van der Waals surface area contributed by atoms with Gasteiger partial charge in [-0.1, -0.05) is 29.8 Å². The van der Waals surface area contributed by atoms with Gasteiger partial charge in [-0.15, -0.1) is 17.9 Å². The van der Waals surface area contributed by atoms with Crippen LogP contribution in [0.25, 0.3) is 15.7 Å². The van der Waals surface area contributed by atoms with Gasteiger partial charge >= 0.3 is 0 Å². The normalized spacial score (nSPS) is 13.8. The molecule has 0 unspecified atom stereocenters. The zero-order valence-electron chi connectivity index (χ0n) is 10.8. The Kier molecular flexibility index (Phi) is 4.00. The maximum atomic E-state index is 9.89. The van der Waals surface area contributed by atoms with Gasteiger partial charge < -0.3 is 5.11 Å². The van der Waals surface area contributed by atoms with Crippen LogP contribution in [0.2, 0.25) is 0 Å². The van der Waals surface area contributed by atoms with Crippen LogP contribution in [0.1, 0.15) is 25.1 Å². The van der Waals surface area contributed by atoms with E-state index in [9.17, 15) is 5.11 Å². The number of rotatable bonds is 4. The van der Waals surface area contributed by atoms with Crippen molar-refractivity contribution in [2.75, 3.05) is 0 Å². The van der Waals surface area contributed by atoms with Gasteiger partial charge in [0.15, 0.2) is 0 Å². The van der Waals surface area contributed by atoms with Crippen LogP contribution in [-0.4, -0.2) is 11.2 Å². The fourth-order valence-electron chi connectivity index (χ4n) is 1.96. The summed E-state index contributed by atoms with van der Waals surface area (Å²) in [5, 5.41) is 11.2. The molecular formula is C16H18OS. The molecule has 0 bridgehead atoms. The van der Waals surface area contributed by atoms with E-state index in [2.05, 4.69) is 30.8 Å². The van der Waals surface area contributed by atoms with Gasteiger partial charge in [0.2, 0.25) is 0 Å². The molecule has 0 radical (unpaired) electrons. The van der Waals surface area contributed by atoms with Crippen LogP contribution in [-0.2, 0) is 0 Å². The molecule has 2 heteroatoms. The first-order valence-corrected chi connectivity index (χ1v) is 6.88. The molecule has 1 aromatic carbocycles. The highest BCUT2D eigenvalue weighted by Crippen LogP contribution is 2.30. The SMILES string of the molecule is C=C(C)C[C@@H](O)/C=C(\C)c1cc2ccccc2s1. The predicted molar refractivity (Wildman–Crippen MR) is 80.9 cm³/mol. The molecule has 1 N–H and O–H groups in total. The molecule has 0 aliphatic rings. The van der Waals surface area contributed by atoms with Crippen molar-refractivity contribution in [3.8, 4) is 0 Å². The summed E-state index contributed by atoms with van der Waals surface area (Å²) in [4.78, 5) is 1.22. The number of benzene rings is 1. The molecule has 0 spiro atoms. The molecule has 0 fully saturated rings. The summed E-state index contributed by atoms with van der Waals surface area (Å²) in [6, 6.07) is 10.5. The third kappa shape index (κ3) is 3.09. The minimum atomic E-state index is -0.437. The van der Waals surface area contributed by atoms with E-state index in [1.165, 1.54) is 15.0 Å². The Balaban J connectivity index is 2.24. The standard InChI is InChI=1S/C16H18OS/c1-11(2)8-14(17)9-12(3)16-10-13-6-4-5-7-15(13)18-16/h4-7,9-10,14,17H,1,8H2,2-3H3/b12-9+/t14-/m1/s1. The summed E-state index contributed by atoms with van der Waals surface area (Å²) in [7, 11) is 0. The van der Waals surface area contributed by atoms with Gasteiger partial charge in [-0.25, -0.2) is 0 Å². The van der Waals surface area contributed by atoms with Crippen LogP contribution in [0.4, 0.5) is 0 Å². The van der Waals surface area contributed by atoms with Crippen molar-refractivity contribution in [1.82, 2.24) is 0 Å². The lowest BCUT2D eigenvalue weighted by Crippen LogP contribution is -2.02. The second-order valence-electron chi connectivity index (χ2n) is 4.73. The van der Waals surface area contributed by atoms with E-state index >= 15 is 0 Å². The average Bonchev–Trinajstić information content (AvgIpc) is 2.71. The minimum absolute atomic E-state index is 0.437. The summed E-state index contributed by atoms with van der Waals surface area (Å²) < 4.78 is 1.29. The zero-order valence-corrected chi connectivity index (χ0v) is 11.6. The second-order valence-corrected chi connectivity index (χ2v) is 5.81. The van der Waals surface area contributed by atoms with Crippen LogP contribution in [0, 0.1) is 0 Å². The van der Waals surface area contributed by atoms with E-state index in [4.69, 9.17) is 0 Å². The largest absolute Gasteiger partial charge is 0.389 e. The number of fused-ring (bicyclic) bond motifs is 1. The van der Waals surface area contributed by atoms with Crippen molar-refractivity contribution < 1.29 is 5.11 Å². The van der Waals surface area contributed by atoms with Crippen molar-refractivity contribution in [2.45, 2.75) is 26.4 Å². The number of hydrogen-bond acceptors (Lipinski definition) is 2. The number of aliphatic hydroxyl groups excluding tert-OH is 1. The quantitative estimate of drug-likeness (QED) is 0.793. The molecule has 1 nitrogen and oxygen atoms in total. The zero-order chi connectivity index (χ0) is 13.1. The highest BCUT2D eigenvalue weighted by Gasteiger charge is 2.06. The molecule has 0 aliphatic heterocycles. The molecule has 2 rings (SSSR count). The predicted octanol–water partition coefficient (Wildman–Crippen LogP) is 4.63. The summed E-state index contributed by atoms with van der Waals surface area (Å²) in [5.74, 6) is 0. The average molecular weight is 258 g/mol. The molecular weight excluding hydrogens is 240 g/mol. The van der Waals surface area contributed by atoms with Crippen LogP contribution in [0.3, 0.4) is 0 Å². The highest BCUT2D eigenvalue weighted by atomic mass is 32.1. The Morgan fingerprint density at radius 3 is 2.78 bits per heavy atom. The van der Waals surface area contributed by atoms with Crippen molar-refractivity contribution in [1.29, 1.82) is 0 Å².